The lowest BCUT2D eigenvalue weighted by Crippen LogP contribution is -2.01. The Morgan fingerprint density at radius 2 is 1.22 bits per heavy atom. The molecule has 1 aromatic carbocycles. The normalized spacial score (nSPS) is 10.8. The highest BCUT2D eigenvalue weighted by Crippen LogP contribution is 2.13. The molecule has 0 saturated heterocycles. The maximum atomic E-state index is 5.44. The summed E-state index contributed by atoms with van der Waals surface area (Å²) >= 11 is 0. The molecule has 0 aliphatic rings. The molecule has 3 nitrogen and oxygen atoms in total. The SMILES string of the molecule is CCOCc1[c]c(COCC)cc(COCC)c1. The number of benzene rings is 1. The van der Waals surface area contributed by atoms with Crippen molar-refractivity contribution in [2.45, 2.75) is 40.6 Å². The average molecular weight is 251 g/mol. The molecule has 0 atom stereocenters. The smallest absolute Gasteiger partial charge is 0.0722 e. The molecule has 0 amide bonds. The fraction of sp³-hybridized carbons (Fsp3) is 0.600. The van der Waals surface area contributed by atoms with Crippen LogP contribution in [0.15, 0.2) is 12.1 Å². The van der Waals surface area contributed by atoms with Crippen LogP contribution in [0.5, 0.6) is 0 Å². The Balaban J connectivity index is 2.74. The fourth-order valence-electron chi connectivity index (χ4n) is 1.65. The molecule has 0 N–H and O–H groups in total. The van der Waals surface area contributed by atoms with Gasteiger partial charge in [0, 0.05) is 19.8 Å². The number of hydrogen-bond donors (Lipinski definition) is 0. The molecule has 1 radical (unpaired) electrons. The zero-order valence-corrected chi connectivity index (χ0v) is 11.6. The summed E-state index contributed by atoms with van der Waals surface area (Å²) in [6.45, 7) is 9.94. The summed E-state index contributed by atoms with van der Waals surface area (Å²) in [5.41, 5.74) is 3.27. The molecule has 0 spiro atoms. The van der Waals surface area contributed by atoms with Gasteiger partial charge in [-0.25, -0.2) is 0 Å². The molecule has 1 rings (SSSR count). The van der Waals surface area contributed by atoms with Crippen LogP contribution in [0.25, 0.3) is 0 Å². The second-order valence-corrected chi connectivity index (χ2v) is 3.95. The predicted molar refractivity (Wildman–Crippen MR) is 71.3 cm³/mol. The Labute approximate surface area is 110 Å². The summed E-state index contributed by atoms with van der Waals surface area (Å²) in [5, 5.41) is 0. The van der Waals surface area contributed by atoms with Gasteiger partial charge < -0.3 is 14.2 Å². The Morgan fingerprint density at radius 3 is 1.67 bits per heavy atom. The van der Waals surface area contributed by atoms with Crippen LogP contribution < -0.4 is 0 Å². The van der Waals surface area contributed by atoms with Crippen molar-refractivity contribution >= 4 is 0 Å². The van der Waals surface area contributed by atoms with Gasteiger partial charge in [0.05, 0.1) is 19.8 Å². The van der Waals surface area contributed by atoms with E-state index in [1.165, 1.54) is 0 Å². The van der Waals surface area contributed by atoms with Crippen LogP contribution in [-0.4, -0.2) is 19.8 Å². The van der Waals surface area contributed by atoms with Crippen molar-refractivity contribution in [2.75, 3.05) is 19.8 Å². The van der Waals surface area contributed by atoms with Crippen LogP contribution in [0.3, 0.4) is 0 Å². The van der Waals surface area contributed by atoms with E-state index < -0.39 is 0 Å². The van der Waals surface area contributed by atoms with Crippen molar-refractivity contribution in [2.24, 2.45) is 0 Å². The van der Waals surface area contributed by atoms with E-state index in [9.17, 15) is 0 Å². The Kier molecular flexibility index (Phi) is 7.65. The predicted octanol–water partition coefficient (Wildman–Crippen LogP) is 3.10. The van der Waals surface area contributed by atoms with Crippen LogP contribution in [0.1, 0.15) is 37.5 Å². The minimum absolute atomic E-state index is 0.593. The first kappa shape index (κ1) is 15.2. The van der Waals surface area contributed by atoms with Crippen LogP contribution in [0, 0.1) is 6.07 Å². The monoisotopic (exact) mass is 251 g/mol. The van der Waals surface area contributed by atoms with Gasteiger partial charge in [-0.15, -0.1) is 0 Å². The van der Waals surface area contributed by atoms with Crippen molar-refractivity contribution in [3.63, 3.8) is 0 Å². The van der Waals surface area contributed by atoms with Gasteiger partial charge in [-0.05, 0) is 43.5 Å². The van der Waals surface area contributed by atoms with Crippen molar-refractivity contribution in [3.8, 4) is 0 Å². The van der Waals surface area contributed by atoms with Gasteiger partial charge in [-0.2, -0.15) is 0 Å². The maximum Gasteiger partial charge on any atom is 0.0722 e. The van der Waals surface area contributed by atoms with Gasteiger partial charge in [-0.1, -0.05) is 12.1 Å². The van der Waals surface area contributed by atoms with Crippen molar-refractivity contribution < 1.29 is 14.2 Å². The highest BCUT2D eigenvalue weighted by atomic mass is 16.5. The number of hydrogen-bond acceptors (Lipinski definition) is 3. The van der Waals surface area contributed by atoms with E-state index in [2.05, 4.69) is 18.2 Å². The molecule has 0 aromatic heterocycles. The Hall–Kier alpha value is -0.900. The van der Waals surface area contributed by atoms with Gasteiger partial charge in [0.25, 0.3) is 0 Å². The van der Waals surface area contributed by atoms with E-state index in [1.807, 2.05) is 20.8 Å². The summed E-state index contributed by atoms with van der Waals surface area (Å²) in [6.07, 6.45) is 0. The Morgan fingerprint density at radius 1 is 0.778 bits per heavy atom. The van der Waals surface area contributed by atoms with Gasteiger partial charge in [-0.3, -0.25) is 0 Å². The first-order valence-electron chi connectivity index (χ1n) is 6.57. The number of rotatable bonds is 9. The molecule has 3 heteroatoms. The van der Waals surface area contributed by atoms with Gasteiger partial charge in [0.1, 0.15) is 0 Å². The third-order valence-corrected chi connectivity index (χ3v) is 2.44. The minimum atomic E-state index is 0.593. The van der Waals surface area contributed by atoms with Crippen molar-refractivity contribution in [1.82, 2.24) is 0 Å². The standard InChI is InChI=1S/C15H23O3/c1-4-16-10-13-7-14(11-17-5-2)9-15(8-13)12-18-6-3/h7-8H,4-6,10-12H2,1-3H3. The molecular weight excluding hydrogens is 228 g/mol. The van der Waals surface area contributed by atoms with Gasteiger partial charge in [0.15, 0.2) is 0 Å². The summed E-state index contributed by atoms with van der Waals surface area (Å²) in [7, 11) is 0. The Bertz CT molecular complexity index is 272. The van der Waals surface area contributed by atoms with E-state index >= 15 is 0 Å². The molecule has 18 heavy (non-hydrogen) atoms. The van der Waals surface area contributed by atoms with E-state index in [4.69, 9.17) is 14.2 Å². The van der Waals surface area contributed by atoms with Crippen LogP contribution in [0.2, 0.25) is 0 Å². The van der Waals surface area contributed by atoms with E-state index in [0.29, 0.717) is 33.0 Å². The molecule has 0 aliphatic carbocycles. The highest BCUT2D eigenvalue weighted by molar-refractivity contribution is 5.28. The maximum absolute atomic E-state index is 5.44. The highest BCUT2D eigenvalue weighted by Gasteiger charge is 2.03. The van der Waals surface area contributed by atoms with Crippen LogP contribution >= 0.6 is 0 Å². The minimum Gasteiger partial charge on any atom is -0.377 e. The van der Waals surface area contributed by atoms with Crippen molar-refractivity contribution in [1.29, 1.82) is 0 Å². The van der Waals surface area contributed by atoms with E-state index in [0.717, 1.165) is 23.3 Å². The van der Waals surface area contributed by atoms with Crippen molar-refractivity contribution in [3.05, 3.63) is 34.9 Å². The van der Waals surface area contributed by atoms with E-state index in [1.54, 1.807) is 0 Å². The van der Waals surface area contributed by atoms with Crippen LogP contribution in [0.4, 0.5) is 0 Å². The molecule has 0 heterocycles. The molecule has 0 unspecified atom stereocenters. The molecular formula is C15H23O3. The third-order valence-electron chi connectivity index (χ3n) is 2.44. The average Bonchev–Trinajstić information content (AvgIpc) is 2.40. The molecule has 0 fully saturated rings. The number of ether oxygens (including phenoxy) is 3. The first-order chi connectivity index (χ1) is 8.80. The van der Waals surface area contributed by atoms with Crippen LogP contribution in [-0.2, 0) is 34.0 Å². The summed E-state index contributed by atoms with van der Waals surface area (Å²) in [4.78, 5) is 0. The fourth-order valence-corrected chi connectivity index (χ4v) is 1.65. The topological polar surface area (TPSA) is 27.7 Å². The first-order valence-corrected chi connectivity index (χ1v) is 6.57. The third kappa shape index (κ3) is 5.63. The largest absolute Gasteiger partial charge is 0.377 e. The second kappa shape index (κ2) is 9.09. The lowest BCUT2D eigenvalue weighted by Gasteiger charge is -2.10. The summed E-state index contributed by atoms with van der Waals surface area (Å²) in [6, 6.07) is 7.49. The molecule has 0 aliphatic heterocycles. The zero-order valence-electron chi connectivity index (χ0n) is 11.6. The molecule has 0 saturated carbocycles. The lowest BCUT2D eigenvalue weighted by atomic mass is 10.1. The molecule has 101 valence electrons. The molecule has 1 aromatic rings. The lowest BCUT2D eigenvalue weighted by molar-refractivity contribution is 0.125. The quantitative estimate of drug-likeness (QED) is 0.675. The zero-order chi connectivity index (χ0) is 13.2. The van der Waals surface area contributed by atoms with Gasteiger partial charge >= 0.3 is 0 Å². The molecule has 0 bridgehead atoms. The summed E-state index contributed by atoms with van der Waals surface area (Å²) in [5.74, 6) is 0. The van der Waals surface area contributed by atoms with Gasteiger partial charge in [0.2, 0.25) is 0 Å². The summed E-state index contributed by atoms with van der Waals surface area (Å²) < 4.78 is 16.3. The van der Waals surface area contributed by atoms with E-state index in [-0.39, 0.29) is 0 Å². The second-order valence-electron chi connectivity index (χ2n) is 3.95.